The van der Waals surface area contributed by atoms with Crippen LogP contribution < -0.4 is 5.32 Å². The first-order valence-corrected chi connectivity index (χ1v) is 7.84. The molecule has 9 nitrogen and oxygen atoms in total. The molecule has 9 heteroatoms. The predicted molar refractivity (Wildman–Crippen MR) is 86.9 cm³/mol. The third-order valence-corrected chi connectivity index (χ3v) is 3.76. The average Bonchev–Trinajstić information content (AvgIpc) is 2.61. The highest BCUT2D eigenvalue weighted by molar-refractivity contribution is 6.09. The number of esters is 1. The van der Waals surface area contributed by atoms with Crippen molar-refractivity contribution in [2.75, 3.05) is 13.7 Å². The van der Waals surface area contributed by atoms with Crippen LogP contribution in [0.3, 0.4) is 0 Å². The lowest BCUT2D eigenvalue weighted by molar-refractivity contribution is -0.155. The van der Waals surface area contributed by atoms with Gasteiger partial charge in [0.2, 0.25) is 5.91 Å². The summed E-state index contributed by atoms with van der Waals surface area (Å²) >= 11 is 0. The number of amides is 4. The van der Waals surface area contributed by atoms with Crippen LogP contribution in [0.1, 0.15) is 29.3 Å². The number of ether oxygens (including phenoxy) is 2. The van der Waals surface area contributed by atoms with Crippen LogP contribution in [0.25, 0.3) is 0 Å². The van der Waals surface area contributed by atoms with Crippen molar-refractivity contribution in [3.05, 3.63) is 35.4 Å². The second-order valence-corrected chi connectivity index (χ2v) is 5.55. The highest BCUT2D eigenvalue weighted by Gasteiger charge is 2.31. The van der Waals surface area contributed by atoms with Crippen LogP contribution in [0.2, 0.25) is 0 Å². The molecule has 1 N–H and O–H groups in total. The van der Waals surface area contributed by atoms with Crippen molar-refractivity contribution in [1.82, 2.24) is 10.2 Å². The molecule has 1 heterocycles. The van der Waals surface area contributed by atoms with Gasteiger partial charge >= 0.3 is 12.1 Å². The maximum atomic E-state index is 12.4. The Balaban J connectivity index is 1.89. The molecule has 2 rings (SSSR count). The normalized spacial score (nSPS) is 14.3. The van der Waals surface area contributed by atoms with Crippen molar-refractivity contribution in [2.24, 2.45) is 0 Å². The average molecular weight is 362 g/mol. The molecule has 1 aliphatic heterocycles. The summed E-state index contributed by atoms with van der Waals surface area (Å²) < 4.78 is 9.14. The number of carbonyl (C=O) groups is 5. The van der Waals surface area contributed by atoms with Gasteiger partial charge in [-0.15, -0.1) is 0 Å². The molecule has 0 unspecified atom stereocenters. The molecule has 1 aromatic carbocycles. The molecule has 0 aromatic heterocycles. The van der Waals surface area contributed by atoms with E-state index in [-0.39, 0.29) is 19.4 Å². The zero-order valence-electron chi connectivity index (χ0n) is 14.3. The smallest absolute Gasteiger partial charge is 0.413 e. The Morgan fingerprint density at radius 3 is 2.62 bits per heavy atom. The van der Waals surface area contributed by atoms with Crippen molar-refractivity contribution in [1.29, 1.82) is 0 Å². The molecule has 0 bridgehead atoms. The van der Waals surface area contributed by atoms with Crippen LogP contribution >= 0.6 is 0 Å². The molecule has 0 aliphatic carbocycles. The summed E-state index contributed by atoms with van der Waals surface area (Å²) in [6.45, 7) is 1.12. The van der Waals surface area contributed by atoms with Crippen molar-refractivity contribution in [2.45, 2.75) is 25.9 Å². The lowest BCUT2D eigenvalue weighted by Crippen LogP contribution is -2.44. The van der Waals surface area contributed by atoms with E-state index in [4.69, 9.17) is 4.74 Å². The molecular formula is C17H18N2O7. The van der Waals surface area contributed by atoms with Crippen LogP contribution in [0.15, 0.2) is 24.3 Å². The summed E-state index contributed by atoms with van der Waals surface area (Å²) in [4.78, 5) is 59.8. The Hall–Kier alpha value is -3.23. The van der Waals surface area contributed by atoms with Gasteiger partial charge in [0, 0.05) is 12.1 Å². The summed E-state index contributed by atoms with van der Waals surface area (Å²) in [7, 11) is 1.09. The zero-order chi connectivity index (χ0) is 19.3. The van der Waals surface area contributed by atoms with Crippen LogP contribution in [0.5, 0.6) is 0 Å². The van der Waals surface area contributed by atoms with Gasteiger partial charge in [-0.05, 0) is 18.6 Å². The number of rotatable bonds is 5. The lowest BCUT2D eigenvalue weighted by atomic mass is 9.98. The molecule has 138 valence electrons. The molecule has 0 spiro atoms. The van der Waals surface area contributed by atoms with Gasteiger partial charge in [-0.25, -0.2) is 4.79 Å². The van der Waals surface area contributed by atoms with Crippen LogP contribution in [0.4, 0.5) is 4.79 Å². The van der Waals surface area contributed by atoms with E-state index in [2.05, 4.69) is 4.74 Å². The number of hydrogen-bond donors (Lipinski definition) is 1. The van der Waals surface area contributed by atoms with Gasteiger partial charge < -0.3 is 9.47 Å². The minimum absolute atomic E-state index is 0.0783. The second-order valence-electron chi connectivity index (χ2n) is 5.55. The predicted octanol–water partition coefficient (Wildman–Crippen LogP) is 0.416. The van der Waals surface area contributed by atoms with Crippen molar-refractivity contribution in [3.63, 3.8) is 0 Å². The van der Waals surface area contributed by atoms with E-state index in [1.165, 1.54) is 6.92 Å². The summed E-state index contributed by atoms with van der Waals surface area (Å²) in [6, 6.07) is 6.76. The Morgan fingerprint density at radius 2 is 1.92 bits per heavy atom. The highest BCUT2D eigenvalue weighted by Crippen LogP contribution is 2.19. The molecule has 1 aromatic rings. The minimum Gasteiger partial charge on any atom is -0.453 e. The van der Waals surface area contributed by atoms with E-state index < -0.39 is 35.9 Å². The maximum absolute atomic E-state index is 12.4. The minimum atomic E-state index is -1.23. The number of nitrogens with zero attached hydrogens (tertiary/aromatic N) is 1. The van der Waals surface area contributed by atoms with E-state index in [9.17, 15) is 24.0 Å². The first-order valence-electron chi connectivity index (χ1n) is 7.84. The van der Waals surface area contributed by atoms with Crippen LogP contribution in [0, 0.1) is 0 Å². The summed E-state index contributed by atoms with van der Waals surface area (Å²) in [5, 5.41) is 1.87. The standard InChI is InChI=1S/C17H18N2O7/c1-10(15(22)18-17(24)25-2)26-14(21)7-8-19-13(20)9-11-5-3-4-6-12(11)16(19)23/h3-6,10H,7-9H2,1-2H3,(H,18,22,24)/t10-/m0/s1. The van der Waals surface area contributed by atoms with Gasteiger partial charge in [-0.3, -0.25) is 29.4 Å². The number of alkyl carbamates (subject to hydrolysis) is 1. The largest absolute Gasteiger partial charge is 0.453 e. The van der Waals surface area contributed by atoms with E-state index >= 15 is 0 Å². The van der Waals surface area contributed by atoms with Gasteiger partial charge in [0.15, 0.2) is 6.10 Å². The molecular weight excluding hydrogens is 344 g/mol. The Labute approximate surface area is 149 Å². The fraction of sp³-hybridized carbons (Fsp3) is 0.353. The first-order chi connectivity index (χ1) is 12.3. The molecule has 0 fully saturated rings. The van der Waals surface area contributed by atoms with Crippen molar-refractivity contribution >= 4 is 29.8 Å². The van der Waals surface area contributed by atoms with E-state index in [0.717, 1.165) is 12.0 Å². The molecule has 0 saturated heterocycles. The molecule has 1 aliphatic rings. The zero-order valence-corrected chi connectivity index (χ0v) is 14.3. The molecule has 0 radical (unpaired) electrons. The van der Waals surface area contributed by atoms with E-state index in [1.54, 1.807) is 24.3 Å². The maximum Gasteiger partial charge on any atom is 0.413 e. The number of nitrogens with one attached hydrogen (secondary N) is 1. The number of benzene rings is 1. The molecule has 0 saturated carbocycles. The molecule has 1 atom stereocenters. The summed E-state index contributed by atoms with van der Waals surface area (Å²) in [5.74, 6) is -2.50. The fourth-order valence-corrected chi connectivity index (χ4v) is 2.39. The Morgan fingerprint density at radius 1 is 1.23 bits per heavy atom. The van der Waals surface area contributed by atoms with Crippen molar-refractivity contribution in [3.8, 4) is 0 Å². The highest BCUT2D eigenvalue weighted by atomic mass is 16.6. The monoisotopic (exact) mass is 362 g/mol. The Kier molecular flexibility index (Phi) is 6.05. The summed E-state index contributed by atoms with van der Waals surface area (Å²) in [6.07, 6.45) is -2.39. The third kappa shape index (κ3) is 4.44. The lowest BCUT2D eigenvalue weighted by Gasteiger charge is -2.26. The fourth-order valence-electron chi connectivity index (χ4n) is 2.39. The first kappa shape index (κ1) is 19.1. The summed E-state index contributed by atoms with van der Waals surface area (Å²) in [5.41, 5.74) is 1.07. The number of imide groups is 2. The Bertz CT molecular complexity index is 759. The van der Waals surface area contributed by atoms with Crippen LogP contribution in [-0.2, 0) is 30.3 Å². The van der Waals surface area contributed by atoms with Gasteiger partial charge in [-0.2, -0.15) is 0 Å². The third-order valence-electron chi connectivity index (χ3n) is 3.76. The van der Waals surface area contributed by atoms with E-state index in [1.807, 2.05) is 5.32 Å². The number of carbonyl (C=O) groups excluding carboxylic acids is 5. The SMILES string of the molecule is COC(=O)NC(=O)[C@H](C)OC(=O)CCN1C(=O)Cc2ccccc2C1=O. The van der Waals surface area contributed by atoms with Crippen molar-refractivity contribution < 1.29 is 33.4 Å². The second kappa shape index (κ2) is 8.24. The number of hydrogen-bond acceptors (Lipinski definition) is 7. The molecule has 26 heavy (non-hydrogen) atoms. The quantitative estimate of drug-likeness (QED) is 0.595. The number of fused-ring (bicyclic) bond motifs is 1. The van der Waals surface area contributed by atoms with Gasteiger partial charge in [0.1, 0.15) is 0 Å². The van der Waals surface area contributed by atoms with Gasteiger partial charge in [-0.1, -0.05) is 18.2 Å². The number of methoxy groups -OCH3 is 1. The van der Waals surface area contributed by atoms with Gasteiger partial charge in [0.25, 0.3) is 11.8 Å². The molecule has 4 amide bonds. The van der Waals surface area contributed by atoms with E-state index in [0.29, 0.717) is 11.1 Å². The van der Waals surface area contributed by atoms with Crippen LogP contribution in [-0.4, -0.2) is 54.4 Å². The topological polar surface area (TPSA) is 119 Å². The van der Waals surface area contributed by atoms with Gasteiger partial charge in [0.05, 0.1) is 20.0 Å².